The van der Waals surface area contributed by atoms with Crippen molar-refractivity contribution in [2.75, 3.05) is 31.1 Å². The molecule has 1 aliphatic rings. The summed E-state index contributed by atoms with van der Waals surface area (Å²) in [5.41, 5.74) is 3.14. The molecule has 0 radical (unpaired) electrons. The van der Waals surface area contributed by atoms with Gasteiger partial charge in [0.1, 0.15) is 11.6 Å². The van der Waals surface area contributed by atoms with Crippen LogP contribution in [0.4, 0.5) is 5.82 Å². The molecule has 0 amide bonds. The lowest BCUT2D eigenvalue weighted by atomic mass is 10.0. The van der Waals surface area contributed by atoms with Crippen LogP contribution in [0.3, 0.4) is 0 Å². The Hall–Kier alpha value is -3.00. The molecule has 8 heteroatoms. The molecule has 5 rings (SSSR count). The highest BCUT2D eigenvalue weighted by molar-refractivity contribution is 7.89. The second-order valence-corrected chi connectivity index (χ2v) is 11.6. The van der Waals surface area contributed by atoms with Crippen LogP contribution in [0.5, 0.6) is 0 Å². The van der Waals surface area contributed by atoms with E-state index in [1.54, 1.807) is 16.4 Å². The number of benzene rings is 3. The number of fused-ring (bicyclic) bond motifs is 1. The van der Waals surface area contributed by atoms with E-state index in [1.165, 1.54) is 0 Å². The van der Waals surface area contributed by atoms with Gasteiger partial charge in [-0.1, -0.05) is 54.1 Å². The van der Waals surface area contributed by atoms with Gasteiger partial charge in [0, 0.05) is 48.9 Å². The standard InChI is InChI=1S/C28H29ClN4O2S/c1-20-27(18-22-8-11-25(29)12-9-22)28(31-21(2)30-20)32-14-5-15-33(17-16-32)36(34,35)26-13-10-23-6-3-4-7-24(23)19-26/h3-4,6-13,19H,5,14-18H2,1-2H3. The zero-order chi connectivity index (χ0) is 25.3. The lowest BCUT2D eigenvalue weighted by molar-refractivity contribution is 0.433. The highest BCUT2D eigenvalue weighted by Crippen LogP contribution is 2.27. The van der Waals surface area contributed by atoms with Crippen molar-refractivity contribution in [2.45, 2.75) is 31.6 Å². The topological polar surface area (TPSA) is 66.4 Å². The van der Waals surface area contributed by atoms with Gasteiger partial charge in [-0.05, 0) is 60.9 Å². The van der Waals surface area contributed by atoms with Crippen molar-refractivity contribution in [2.24, 2.45) is 0 Å². The third-order valence-corrected chi connectivity index (χ3v) is 8.86. The predicted octanol–water partition coefficient (Wildman–Crippen LogP) is 5.39. The molecule has 1 aromatic heterocycles. The van der Waals surface area contributed by atoms with Crippen LogP contribution in [0.25, 0.3) is 10.8 Å². The van der Waals surface area contributed by atoms with E-state index < -0.39 is 10.0 Å². The first-order valence-corrected chi connectivity index (χ1v) is 14.0. The summed E-state index contributed by atoms with van der Waals surface area (Å²) in [4.78, 5) is 12.0. The Balaban J connectivity index is 1.40. The van der Waals surface area contributed by atoms with Crippen LogP contribution in [-0.4, -0.2) is 48.9 Å². The van der Waals surface area contributed by atoms with Crippen LogP contribution in [0.1, 0.15) is 29.1 Å². The van der Waals surface area contributed by atoms with Crippen molar-refractivity contribution >= 4 is 38.2 Å². The molecule has 0 unspecified atom stereocenters. The van der Waals surface area contributed by atoms with Gasteiger partial charge in [-0.15, -0.1) is 0 Å². The van der Waals surface area contributed by atoms with Crippen LogP contribution >= 0.6 is 11.6 Å². The molecule has 4 aromatic rings. The molecule has 3 aromatic carbocycles. The van der Waals surface area contributed by atoms with Gasteiger partial charge in [0.25, 0.3) is 0 Å². The highest BCUT2D eigenvalue weighted by Gasteiger charge is 2.28. The Bertz CT molecular complexity index is 1510. The Morgan fingerprint density at radius 3 is 2.39 bits per heavy atom. The average Bonchev–Trinajstić information content (AvgIpc) is 3.13. The minimum absolute atomic E-state index is 0.340. The van der Waals surface area contributed by atoms with Crippen LogP contribution < -0.4 is 4.90 Å². The van der Waals surface area contributed by atoms with E-state index in [0.717, 1.165) is 46.4 Å². The maximum absolute atomic E-state index is 13.5. The van der Waals surface area contributed by atoms with Gasteiger partial charge in [-0.3, -0.25) is 0 Å². The van der Waals surface area contributed by atoms with Crippen molar-refractivity contribution in [3.63, 3.8) is 0 Å². The zero-order valence-corrected chi connectivity index (χ0v) is 22.1. The molecule has 1 saturated heterocycles. The molecule has 0 atom stereocenters. The summed E-state index contributed by atoms with van der Waals surface area (Å²) in [5.74, 6) is 1.60. The maximum atomic E-state index is 13.5. The van der Waals surface area contributed by atoms with Gasteiger partial charge in [0.15, 0.2) is 0 Å². The fraction of sp³-hybridized carbons (Fsp3) is 0.286. The third-order valence-electron chi connectivity index (χ3n) is 6.71. The summed E-state index contributed by atoms with van der Waals surface area (Å²) in [6, 6.07) is 21.0. The molecule has 186 valence electrons. The fourth-order valence-corrected chi connectivity index (χ4v) is 6.45. The first kappa shape index (κ1) is 24.7. The molecule has 0 N–H and O–H groups in total. The zero-order valence-electron chi connectivity index (χ0n) is 20.5. The summed E-state index contributed by atoms with van der Waals surface area (Å²) >= 11 is 6.07. The van der Waals surface area contributed by atoms with Crippen molar-refractivity contribution in [3.05, 3.63) is 94.4 Å². The Morgan fingerprint density at radius 1 is 0.861 bits per heavy atom. The predicted molar refractivity (Wildman–Crippen MR) is 145 cm³/mol. The van der Waals surface area contributed by atoms with Gasteiger partial charge < -0.3 is 4.90 Å². The molecule has 0 spiro atoms. The van der Waals surface area contributed by atoms with E-state index in [9.17, 15) is 8.42 Å². The van der Waals surface area contributed by atoms with Gasteiger partial charge in [-0.25, -0.2) is 18.4 Å². The highest BCUT2D eigenvalue weighted by atomic mass is 35.5. The minimum Gasteiger partial charge on any atom is -0.355 e. The van der Waals surface area contributed by atoms with Gasteiger partial charge >= 0.3 is 0 Å². The number of anilines is 1. The normalized spacial score (nSPS) is 15.2. The summed E-state index contributed by atoms with van der Waals surface area (Å²) in [6.07, 6.45) is 1.41. The minimum atomic E-state index is -3.60. The first-order valence-electron chi connectivity index (χ1n) is 12.1. The van der Waals surface area contributed by atoms with Gasteiger partial charge in [0.05, 0.1) is 4.90 Å². The first-order chi connectivity index (χ1) is 17.3. The molecule has 6 nitrogen and oxygen atoms in total. The Labute approximate surface area is 217 Å². The molecule has 2 heterocycles. The molecule has 36 heavy (non-hydrogen) atoms. The van der Waals surface area contributed by atoms with Crippen LogP contribution in [0.2, 0.25) is 5.02 Å². The fourth-order valence-electron chi connectivity index (χ4n) is 4.82. The molecule has 1 aliphatic heterocycles. The maximum Gasteiger partial charge on any atom is 0.243 e. The van der Waals surface area contributed by atoms with E-state index in [-0.39, 0.29) is 0 Å². The quantitative estimate of drug-likeness (QED) is 0.353. The summed E-state index contributed by atoms with van der Waals surface area (Å²) in [6.45, 7) is 6.08. The second-order valence-electron chi connectivity index (χ2n) is 9.22. The van der Waals surface area contributed by atoms with E-state index in [0.29, 0.717) is 41.8 Å². The number of hydrogen-bond acceptors (Lipinski definition) is 5. The lowest BCUT2D eigenvalue weighted by Gasteiger charge is -2.26. The molecular formula is C28H29ClN4O2S. The molecule has 0 aliphatic carbocycles. The third kappa shape index (κ3) is 5.09. The summed E-state index contributed by atoms with van der Waals surface area (Å²) in [7, 11) is -3.60. The average molecular weight is 521 g/mol. The largest absolute Gasteiger partial charge is 0.355 e. The summed E-state index contributed by atoms with van der Waals surface area (Å²) in [5, 5.41) is 2.66. The second kappa shape index (κ2) is 10.2. The van der Waals surface area contributed by atoms with Crippen LogP contribution in [0.15, 0.2) is 71.6 Å². The van der Waals surface area contributed by atoms with Crippen LogP contribution in [0, 0.1) is 13.8 Å². The van der Waals surface area contributed by atoms with E-state index >= 15 is 0 Å². The molecule has 0 bridgehead atoms. The van der Waals surface area contributed by atoms with E-state index in [2.05, 4.69) is 9.88 Å². The lowest BCUT2D eigenvalue weighted by Crippen LogP contribution is -2.35. The molecular weight excluding hydrogens is 492 g/mol. The monoisotopic (exact) mass is 520 g/mol. The van der Waals surface area contributed by atoms with Crippen molar-refractivity contribution < 1.29 is 8.42 Å². The van der Waals surface area contributed by atoms with E-state index in [4.69, 9.17) is 16.6 Å². The number of sulfonamides is 1. The van der Waals surface area contributed by atoms with Crippen molar-refractivity contribution in [1.29, 1.82) is 0 Å². The van der Waals surface area contributed by atoms with Crippen LogP contribution in [-0.2, 0) is 16.4 Å². The van der Waals surface area contributed by atoms with Crippen molar-refractivity contribution in [1.82, 2.24) is 14.3 Å². The number of nitrogens with zero attached hydrogens (tertiary/aromatic N) is 4. The smallest absolute Gasteiger partial charge is 0.243 e. The number of rotatable bonds is 5. The number of aryl methyl sites for hydroxylation is 2. The number of halogens is 1. The Kier molecular flexibility index (Phi) is 6.97. The van der Waals surface area contributed by atoms with Gasteiger partial charge in [0.2, 0.25) is 10.0 Å². The molecule has 1 fully saturated rings. The van der Waals surface area contributed by atoms with Crippen molar-refractivity contribution in [3.8, 4) is 0 Å². The van der Waals surface area contributed by atoms with Gasteiger partial charge in [-0.2, -0.15) is 4.31 Å². The molecule has 0 saturated carbocycles. The SMILES string of the molecule is Cc1nc(C)c(Cc2ccc(Cl)cc2)c(N2CCCN(S(=O)(=O)c3ccc4ccccc4c3)CC2)n1. The summed E-state index contributed by atoms with van der Waals surface area (Å²) < 4.78 is 28.7. The number of aromatic nitrogens is 2. The number of hydrogen-bond donors (Lipinski definition) is 0. The van der Waals surface area contributed by atoms with E-state index in [1.807, 2.05) is 68.4 Å². The Morgan fingerprint density at radius 2 is 1.61 bits per heavy atom.